The summed E-state index contributed by atoms with van der Waals surface area (Å²) in [6, 6.07) is 5.91. The standard InChI is InChI=1S/C11H14N2O3/c1-3-8(2)11(14)12-9-5-4-6-10(7-9)13(15)16/h4-8H,3H2,1-2H3,(H,12,14)/t8-/m0/s1. The van der Waals surface area contributed by atoms with Gasteiger partial charge in [-0.15, -0.1) is 0 Å². The van der Waals surface area contributed by atoms with Gasteiger partial charge in [-0.05, 0) is 12.5 Å². The molecule has 86 valence electrons. The molecule has 1 rings (SSSR count). The number of carbonyl (C=O) groups is 1. The minimum absolute atomic E-state index is 0.0260. The van der Waals surface area contributed by atoms with Crippen molar-refractivity contribution in [3.05, 3.63) is 34.4 Å². The smallest absolute Gasteiger partial charge is 0.271 e. The summed E-state index contributed by atoms with van der Waals surface area (Å²) in [6.45, 7) is 3.73. The first-order valence-electron chi connectivity index (χ1n) is 5.10. The third-order valence-corrected chi connectivity index (χ3v) is 2.38. The lowest BCUT2D eigenvalue weighted by atomic mass is 10.1. The molecule has 1 amide bonds. The number of amides is 1. The highest BCUT2D eigenvalue weighted by atomic mass is 16.6. The fourth-order valence-electron chi connectivity index (χ4n) is 1.15. The first-order chi connectivity index (χ1) is 7.54. The number of nitrogens with zero attached hydrogens (tertiary/aromatic N) is 1. The van der Waals surface area contributed by atoms with Crippen molar-refractivity contribution in [1.29, 1.82) is 0 Å². The normalized spacial score (nSPS) is 11.9. The second-order valence-corrected chi connectivity index (χ2v) is 3.61. The number of non-ortho nitro benzene ring substituents is 1. The number of nitro groups is 1. The van der Waals surface area contributed by atoms with Gasteiger partial charge in [-0.25, -0.2) is 0 Å². The fraction of sp³-hybridized carbons (Fsp3) is 0.364. The van der Waals surface area contributed by atoms with Crippen LogP contribution in [0.3, 0.4) is 0 Å². The predicted octanol–water partition coefficient (Wildman–Crippen LogP) is 2.58. The van der Waals surface area contributed by atoms with Gasteiger partial charge >= 0.3 is 0 Å². The molecule has 0 aliphatic rings. The Morgan fingerprint density at radius 1 is 1.56 bits per heavy atom. The van der Waals surface area contributed by atoms with E-state index in [1.54, 1.807) is 12.1 Å². The molecular formula is C11H14N2O3. The molecule has 1 aromatic rings. The highest BCUT2D eigenvalue weighted by Gasteiger charge is 2.12. The fourth-order valence-corrected chi connectivity index (χ4v) is 1.15. The molecule has 0 aliphatic heterocycles. The molecule has 0 saturated heterocycles. The van der Waals surface area contributed by atoms with Crippen molar-refractivity contribution in [2.24, 2.45) is 5.92 Å². The molecule has 0 fully saturated rings. The molecule has 0 bridgehead atoms. The van der Waals surface area contributed by atoms with E-state index < -0.39 is 4.92 Å². The zero-order valence-corrected chi connectivity index (χ0v) is 9.27. The van der Waals surface area contributed by atoms with Crippen LogP contribution < -0.4 is 5.32 Å². The molecule has 0 heterocycles. The molecular weight excluding hydrogens is 208 g/mol. The molecule has 0 aromatic heterocycles. The topological polar surface area (TPSA) is 72.2 Å². The Bertz CT molecular complexity index is 404. The molecule has 0 aliphatic carbocycles. The molecule has 1 atom stereocenters. The summed E-state index contributed by atoms with van der Waals surface area (Å²) in [5.74, 6) is -0.220. The largest absolute Gasteiger partial charge is 0.326 e. The maximum absolute atomic E-state index is 11.5. The van der Waals surface area contributed by atoms with Crippen molar-refractivity contribution < 1.29 is 9.72 Å². The van der Waals surface area contributed by atoms with E-state index in [9.17, 15) is 14.9 Å². The van der Waals surface area contributed by atoms with Gasteiger partial charge in [-0.2, -0.15) is 0 Å². The first-order valence-corrected chi connectivity index (χ1v) is 5.10. The number of benzene rings is 1. The van der Waals surface area contributed by atoms with Crippen molar-refractivity contribution >= 4 is 17.3 Å². The van der Waals surface area contributed by atoms with Crippen molar-refractivity contribution in [3.8, 4) is 0 Å². The van der Waals surface area contributed by atoms with E-state index in [1.165, 1.54) is 12.1 Å². The quantitative estimate of drug-likeness (QED) is 0.628. The summed E-state index contributed by atoms with van der Waals surface area (Å²) in [5.41, 5.74) is 0.432. The summed E-state index contributed by atoms with van der Waals surface area (Å²) < 4.78 is 0. The highest BCUT2D eigenvalue weighted by Crippen LogP contribution is 2.17. The van der Waals surface area contributed by atoms with Crippen LogP contribution in [0.1, 0.15) is 20.3 Å². The van der Waals surface area contributed by atoms with Crippen LogP contribution in [0, 0.1) is 16.0 Å². The zero-order valence-electron chi connectivity index (χ0n) is 9.27. The lowest BCUT2D eigenvalue weighted by molar-refractivity contribution is -0.384. The van der Waals surface area contributed by atoms with Crippen LogP contribution in [0.25, 0.3) is 0 Å². The summed E-state index contributed by atoms with van der Waals surface area (Å²) in [4.78, 5) is 21.6. The Morgan fingerprint density at radius 2 is 2.25 bits per heavy atom. The lowest BCUT2D eigenvalue weighted by Crippen LogP contribution is -2.19. The third kappa shape index (κ3) is 3.05. The number of hydrogen-bond acceptors (Lipinski definition) is 3. The van der Waals surface area contributed by atoms with E-state index in [2.05, 4.69) is 5.32 Å². The SMILES string of the molecule is CC[C@H](C)C(=O)Nc1cccc([N+](=O)[O-])c1. The number of nitrogens with one attached hydrogen (secondary N) is 1. The van der Waals surface area contributed by atoms with E-state index in [1.807, 2.05) is 13.8 Å². The van der Waals surface area contributed by atoms with Gasteiger partial charge in [0.25, 0.3) is 5.69 Å². The maximum atomic E-state index is 11.5. The Labute approximate surface area is 93.6 Å². The molecule has 0 unspecified atom stereocenters. The van der Waals surface area contributed by atoms with Crippen LogP contribution in [-0.4, -0.2) is 10.8 Å². The summed E-state index contributed by atoms with van der Waals surface area (Å²) in [6.07, 6.45) is 0.737. The Balaban J connectivity index is 2.78. The summed E-state index contributed by atoms with van der Waals surface area (Å²) >= 11 is 0. The number of carbonyl (C=O) groups excluding carboxylic acids is 1. The average molecular weight is 222 g/mol. The van der Waals surface area contributed by atoms with E-state index >= 15 is 0 Å². The van der Waals surface area contributed by atoms with Crippen LogP contribution in [0.15, 0.2) is 24.3 Å². The third-order valence-electron chi connectivity index (χ3n) is 2.38. The van der Waals surface area contributed by atoms with Crippen LogP contribution >= 0.6 is 0 Å². The zero-order chi connectivity index (χ0) is 12.1. The summed E-state index contributed by atoms with van der Waals surface area (Å²) in [7, 11) is 0. The van der Waals surface area contributed by atoms with Crippen molar-refractivity contribution in [2.75, 3.05) is 5.32 Å². The molecule has 1 aromatic carbocycles. The average Bonchev–Trinajstić information content (AvgIpc) is 2.28. The van der Waals surface area contributed by atoms with Gasteiger partial charge < -0.3 is 5.32 Å². The number of rotatable bonds is 4. The van der Waals surface area contributed by atoms with Crippen LogP contribution in [0.4, 0.5) is 11.4 Å². The molecule has 0 spiro atoms. The van der Waals surface area contributed by atoms with Crippen LogP contribution in [0.5, 0.6) is 0 Å². The van der Waals surface area contributed by atoms with Crippen molar-refractivity contribution in [1.82, 2.24) is 0 Å². The second-order valence-electron chi connectivity index (χ2n) is 3.61. The van der Waals surface area contributed by atoms with E-state index in [0.29, 0.717) is 5.69 Å². The number of hydrogen-bond donors (Lipinski definition) is 1. The van der Waals surface area contributed by atoms with Gasteiger partial charge in [0, 0.05) is 23.7 Å². The van der Waals surface area contributed by atoms with Crippen LogP contribution in [-0.2, 0) is 4.79 Å². The molecule has 5 nitrogen and oxygen atoms in total. The molecule has 5 heteroatoms. The predicted molar refractivity (Wildman–Crippen MR) is 61.2 cm³/mol. The van der Waals surface area contributed by atoms with E-state index in [0.717, 1.165) is 6.42 Å². The number of anilines is 1. The van der Waals surface area contributed by atoms with Gasteiger partial charge in [0.2, 0.25) is 5.91 Å². The monoisotopic (exact) mass is 222 g/mol. The Morgan fingerprint density at radius 3 is 2.81 bits per heavy atom. The van der Waals surface area contributed by atoms with Crippen LogP contribution in [0.2, 0.25) is 0 Å². The second kappa shape index (κ2) is 5.25. The molecule has 0 radical (unpaired) electrons. The molecule has 1 N–H and O–H groups in total. The Hall–Kier alpha value is -1.91. The van der Waals surface area contributed by atoms with E-state index in [4.69, 9.17) is 0 Å². The number of nitro benzene ring substituents is 1. The van der Waals surface area contributed by atoms with Gasteiger partial charge in [0.05, 0.1) is 4.92 Å². The maximum Gasteiger partial charge on any atom is 0.271 e. The van der Waals surface area contributed by atoms with Gasteiger partial charge in [-0.1, -0.05) is 19.9 Å². The first kappa shape index (κ1) is 12.2. The minimum Gasteiger partial charge on any atom is -0.326 e. The van der Waals surface area contributed by atoms with Crippen molar-refractivity contribution in [2.45, 2.75) is 20.3 Å². The Kier molecular flexibility index (Phi) is 3.99. The van der Waals surface area contributed by atoms with Gasteiger partial charge in [-0.3, -0.25) is 14.9 Å². The summed E-state index contributed by atoms with van der Waals surface area (Å²) in [5, 5.41) is 13.2. The van der Waals surface area contributed by atoms with Crippen molar-refractivity contribution in [3.63, 3.8) is 0 Å². The molecule has 16 heavy (non-hydrogen) atoms. The lowest BCUT2D eigenvalue weighted by Gasteiger charge is -2.09. The molecule has 0 saturated carbocycles. The minimum atomic E-state index is -0.487. The highest BCUT2D eigenvalue weighted by molar-refractivity contribution is 5.92. The van der Waals surface area contributed by atoms with E-state index in [-0.39, 0.29) is 17.5 Å². The van der Waals surface area contributed by atoms with Gasteiger partial charge in [0.15, 0.2) is 0 Å². The van der Waals surface area contributed by atoms with Gasteiger partial charge in [0.1, 0.15) is 0 Å².